The minimum atomic E-state index is 0.360. The number of rotatable bonds is 5. The molecule has 1 N–H and O–H groups in total. The van der Waals surface area contributed by atoms with Crippen LogP contribution in [0.3, 0.4) is 0 Å². The normalized spacial score (nSPS) is 26.4. The van der Waals surface area contributed by atoms with Crippen LogP contribution in [0.15, 0.2) is 24.3 Å². The molecule has 0 bridgehead atoms. The topological polar surface area (TPSA) is 24.5 Å². The summed E-state index contributed by atoms with van der Waals surface area (Å²) in [6.45, 7) is 9.46. The smallest absolute Gasteiger partial charge is 0.118 e. The Balaban J connectivity index is 2.10. The third-order valence-corrected chi connectivity index (χ3v) is 4.86. The van der Waals surface area contributed by atoms with Crippen molar-refractivity contribution >= 4 is 0 Å². The summed E-state index contributed by atoms with van der Waals surface area (Å²) >= 11 is 0. The Morgan fingerprint density at radius 2 is 1.70 bits per heavy atom. The van der Waals surface area contributed by atoms with Gasteiger partial charge in [-0.1, -0.05) is 26.0 Å². The molecule has 112 valence electrons. The van der Waals surface area contributed by atoms with Gasteiger partial charge in [0.1, 0.15) is 5.75 Å². The van der Waals surface area contributed by atoms with Gasteiger partial charge < -0.3 is 10.1 Å². The minimum Gasteiger partial charge on any atom is -0.497 e. The molecule has 4 unspecified atom stereocenters. The molecule has 1 aliphatic heterocycles. The van der Waals surface area contributed by atoms with Crippen LogP contribution in [0.25, 0.3) is 0 Å². The van der Waals surface area contributed by atoms with Gasteiger partial charge in [-0.25, -0.2) is 0 Å². The molecule has 1 aromatic rings. The lowest BCUT2D eigenvalue weighted by Gasteiger charge is -2.32. The largest absolute Gasteiger partial charge is 0.497 e. The van der Waals surface area contributed by atoms with Gasteiger partial charge in [0.05, 0.1) is 7.11 Å². The van der Waals surface area contributed by atoms with Crippen molar-refractivity contribution in [3.63, 3.8) is 0 Å². The molecule has 1 saturated heterocycles. The summed E-state index contributed by atoms with van der Waals surface area (Å²) in [6.07, 6.45) is 0. The van der Waals surface area contributed by atoms with E-state index in [4.69, 9.17) is 4.74 Å². The number of hydrogen-bond acceptors (Lipinski definition) is 3. The fourth-order valence-corrected chi connectivity index (χ4v) is 3.22. The van der Waals surface area contributed by atoms with E-state index in [-0.39, 0.29) is 0 Å². The van der Waals surface area contributed by atoms with E-state index in [1.54, 1.807) is 7.11 Å². The lowest BCUT2D eigenvalue weighted by molar-refractivity contribution is 0.203. The first kappa shape index (κ1) is 15.3. The highest BCUT2D eigenvalue weighted by atomic mass is 16.5. The minimum absolute atomic E-state index is 0.360. The van der Waals surface area contributed by atoms with E-state index in [1.165, 1.54) is 18.7 Å². The molecule has 0 spiro atoms. The molecule has 0 radical (unpaired) electrons. The average Bonchev–Trinajstić information content (AvgIpc) is 2.80. The highest BCUT2D eigenvalue weighted by Gasteiger charge is 2.32. The molecule has 20 heavy (non-hydrogen) atoms. The molecule has 1 aliphatic rings. The molecule has 1 aromatic carbocycles. The van der Waals surface area contributed by atoms with E-state index in [9.17, 15) is 0 Å². The van der Waals surface area contributed by atoms with Crippen molar-refractivity contribution in [2.24, 2.45) is 11.8 Å². The summed E-state index contributed by atoms with van der Waals surface area (Å²) < 4.78 is 5.24. The van der Waals surface area contributed by atoms with Crippen LogP contribution in [0.2, 0.25) is 0 Å². The number of benzene rings is 1. The molecule has 1 fully saturated rings. The molecule has 1 heterocycles. The second-order valence-corrected chi connectivity index (χ2v) is 6.19. The van der Waals surface area contributed by atoms with Gasteiger partial charge in [0, 0.05) is 25.2 Å². The Bertz CT molecular complexity index is 408. The van der Waals surface area contributed by atoms with Crippen LogP contribution in [0, 0.1) is 11.8 Å². The van der Waals surface area contributed by atoms with Gasteiger partial charge in [-0.05, 0) is 43.5 Å². The summed E-state index contributed by atoms with van der Waals surface area (Å²) in [5.41, 5.74) is 1.33. The molecular weight excluding hydrogens is 248 g/mol. The Morgan fingerprint density at radius 1 is 1.15 bits per heavy atom. The lowest BCUT2D eigenvalue weighted by Crippen LogP contribution is -2.41. The first-order valence-electron chi connectivity index (χ1n) is 7.62. The fraction of sp³-hybridized carbons (Fsp3) is 0.647. The quantitative estimate of drug-likeness (QED) is 0.895. The number of hydrogen-bond donors (Lipinski definition) is 1. The molecule has 3 heteroatoms. The third-order valence-electron chi connectivity index (χ3n) is 4.86. The molecule has 0 amide bonds. The summed E-state index contributed by atoms with van der Waals surface area (Å²) in [5.74, 6) is 2.51. The van der Waals surface area contributed by atoms with Crippen molar-refractivity contribution in [1.29, 1.82) is 0 Å². The molecule has 0 aromatic heterocycles. The molecule has 0 aliphatic carbocycles. The van der Waals surface area contributed by atoms with E-state index < -0.39 is 0 Å². The Kier molecular flexibility index (Phi) is 5.06. The van der Waals surface area contributed by atoms with Crippen molar-refractivity contribution in [2.45, 2.75) is 32.9 Å². The van der Waals surface area contributed by atoms with E-state index in [1.807, 2.05) is 19.2 Å². The average molecular weight is 276 g/mol. The van der Waals surface area contributed by atoms with Crippen LogP contribution in [0.4, 0.5) is 0 Å². The van der Waals surface area contributed by atoms with Gasteiger partial charge in [-0.2, -0.15) is 0 Å². The van der Waals surface area contributed by atoms with Gasteiger partial charge in [0.25, 0.3) is 0 Å². The third kappa shape index (κ3) is 3.15. The number of likely N-dealkylation sites (N-methyl/N-ethyl adjacent to an activating group) is 1. The van der Waals surface area contributed by atoms with Crippen molar-refractivity contribution in [3.05, 3.63) is 29.8 Å². The second kappa shape index (κ2) is 6.59. The fourth-order valence-electron chi connectivity index (χ4n) is 3.22. The maximum atomic E-state index is 5.24. The van der Waals surface area contributed by atoms with Gasteiger partial charge >= 0.3 is 0 Å². The first-order valence-corrected chi connectivity index (χ1v) is 7.62. The number of nitrogens with one attached hydrogen (secondary N) is 1. The van der Waals surface area contributed by atoms with E-state index in [2.05, 4.69) is 43.1 Å². The van der Waals surface area contributed by atoms with Crippen LogP contribution in [-0.4, -0.2) is 38.2 Å². The van der Waals surface area contributed by atoms with Crippen molar-refractivity contribution in [1.82, 2.24) is 10.2 Å². The number of methoxy groups -OCH3 is 1. The number of ether oxygens (including phenoxy) is 1. The zero-order valence-corrected chi connectivity index (χ0v) is 13.4. The molecule has 4 atom stereocenters. The van der Waals surface area contributed by atoms with Crippen molar-refractivity contribution < 1.29 is 4.74 Å². The van der Waals surface area contributed by atoms with Crippen LogP contribution >= 0.6 is 0 Å². The summed E-state index contributed by atoms with van der Waals surface area (Å²) in [6, 6.07) is 9.28. The van der Waals surface area contributed by atoms with Gasteiger partial charge in [0.15, 0.2) is 0 Å². The zero-order chi connectivity index (χ0) is 14.7. The van der Waals surface area contributed by atoms with Gasteiger partial charge in [-0.3, -0.25) is 4.90 Å². The van der Waals surface area contributed by atoms with Gasteiger partial charge in [0.2, 0.25) is 0 Å². The molecule has 2 rings (SSSR count). The summed E-state index contributed by atoms with van der Waals surface area (Å²) in [5, 5.41) is 3.48. The standard InChI is InChI=1S/C17H28N2O/c1-12-10-19(11-13(12)2)14(3)17(18-4)15-6-8-16(20-5)9-7-15/h6-9,12-14,17-18H,10-11H2,1-5H3. The van der Waals surface area contributed by atoms with Crippen molar-refractivity contribution in [2.75, 3.05) is 27.2 Å². The monoisotopic (exact) mass is 276 g/mol. The van der Waals surface area contributed by atoms with Crippen LogP contribution in [-0.2, 0) is 0 Å². The van der Waals surface area contributed by atoms with Gasteiger partial charge in [-0.15, -0.1) is 0 Å². The van der Waals surface area contributed by atoms with Crippen LogP contribution in [0.1, 0.15) is 32.4 Å². The zero-order valence-electron chi connectivity index (χ0n) is 13.4. The van der Waals surface area contributed by atoms with Crippen LogP contribution in [0.5, 0.6) is 5.75 Å². The maximum absolute atomic E-state index is 5.24. The van der Waals surface area contributed by atoms with Crippen LogP contribution < -0.4 is 10.1 Å². The molecule has 0 saturated carbocycles. The van der Waals surface area contributed by atoms with E-state index in [0.29, 0.717) is 12.1 Å². The summed E-state index contributed by atoms with van der Waals surface area (Å²) in [4.78, 5) is 2.61. The lowest BCUT2D eigenvalue weighted by atomic mass is 9.99. The first-order chi connectivity index (χ1) is 9.56. The number of likely N-dealkylation sites (tertiary alicyclic amines) is 1. The Hall–Kier alpha value is -1.06. The molecular formula is C17H28N2O. The predicted octanol–water partition coefficient (Wildman–Crippen LogP) is 2.93. The predicted molar refractivity (Wildman–Crippen MR) is 84.2 cm³/mol. The van der Waals surface area contributed by atoms with E-state index >= 15 is 0 Å². The summed E-state index contributed by atoms with van der Waals surface area (Å²) in [7, 11) is 3.76. The van der Waals surface area contributed by atoms with Crippen molar-refractivity contribution in [3.8, 4) is 5.75 Å². The Morgan fingerprint density at radius 3 is 2.15 bits per heavy atom. The maximum Gasteiger partial charge on any atom is 0.118 e. The highest BCUT2D eigenvalue weighted by molar-refractivity contribution is 5.29. The van der Waals surface area contributed by atoms with E-state index in [0.717, 1.165) is 17.6 Å². The Labute approximate surface area is 123 Å². The second-order valence-electron chi connectivity index (χ2n) is 6.19. The molecule has 3 nitrogen and oxygen atoms in total. The SMILES string of the molecule is CNC(c1ccc(OC)cc1)C(C)N1CC(C)C(C)C1. The highest BCUT2D eigenvalue weighted by Crippen LogP contribution is 2.29. The number of nitrogens with zero attached hydrogens (tertiary/aromatic N) is 1.